The number of ether oxygens (including phenoxy) is 2. The van der Waals surface area contributed by atoms with E-state index in [2.05, 4.69) is 22.9 Å². The molecule has 1 fully saturated rings. The first-order chi connectivity index (χ1) is 14.7. The molecule has 6 nitrogen and oxygen atoms in total. The van der Waals surface area contributed by atoms with E-state index < -0.39 is 6.09 Å². The van der Waals surface area contributed by atoms with Gasteiger partial charge in [-0.15, -0.1) is 0 Å². The molecule has 1 aliphatic rings. The zero-order valence-electron chi connectivity index (χ0n) is 17.0. The summed E-state index contributed by atoms with van der Waals surface area (Å²) in [4.78, 5) is 14.0. The second-order valence-electron chi connectivity index (χ2n) is 7.14. The largest absolute Gasteiger partial charge is 0.494 e. The Kier molecular flexibility index (Phi) is 7.87. The number of benzene rings is 2. The molecule has 1 atom stereocenters. The minimum absolute atomic E-state index is 0.0222. The molecule has 1 amide bonds. The van der Waals surface area contributed by atoms with Gasteiger partial charge in [0.1, 0.15) is 12.4 Å². The second-order valence-corrected chi connectivity index (χ2v) is 7.14. The monoisotopic (exact) mass is 405 g/mol. The third-order valence-electron chi connectivity index (χ3n) is 5.04. The summed E-state index contributed by atoms with van der Waals surface area (Å²) in [6.07, 6.45) is 4.04. The fraction of sp³-hybridized carbons (Fsp3) is 0.333. The average Bonchev–Trinajstić information content (AvgIpc) is 3.22. The maximum Gasteiger partial charge on any atom is 0.408 e. The highest BCUT2D eigenvalue weighted by Gasteiger charge is 2.25. The summed E-state index contributed by atoms with van der Waals surface area (Å²) in [5.41, 5.74) is 2.81. The topological polar surface area (TPSA) is 74.6 Å². The van der Waals surface area contributed by atoms with Crippen molar-refractivity contribution in [3.05, 3.63) is 66.7 Å². The Labute approximate surface area is 177 Å². The first-order valence-corrected chi connectivity index (χ1v) is 10.2. The van der Waals surface area contributed by atoms with Crippen molar-refractivity contribution in [2.24, 2.45) is 0 Å². The van der Waals surface area contributed by atoms with Crippen molar-refractivity contribution in [1.82, 2.24) is 10.2 Å². The van der Waals surface area contributed by atoms with Crippen molar-refractivity contribution < 1.29 is 14.3 Å². The third kappa shape index (κ3) is 6.10. The molecular formula is C24H27N3O3. The van der Waals surface area contributed by atoms with Gasteiger partial charge in [0.05, 0.1) is 24.4 Å². The number of alkyl carbamates (subject to hydrolysis) is 1. The first-order valence-electron chi connectivity index (χ1n) is 10.2. The molecule has 0 bridgehead atoms. The second kappa shape index (κ2) is 11.0. The SMILES string of the molecule is C=CCOC(=O)NC1CCCN1CCCOc1ccc(-c2ccc(C#N)cc2)cc1. The van der Waals surface area contributed by atoms with Crippen LogP contribution in [0.3, 0.4) is 0 Å². The summed E-state index contributed by atoms with van der Waals surface area (Å²) in [7, 11) is 0. The Balaban J connectivity index is 1.41. The Morgan fingerprint density at radius 3 is 2.57 bits per heavy atom. The number of rotatable bonds is 9. The van der Waals surface area contributed by atoms with E-state index in [9.17, 15) is 4.79 Å². The molecule has 2 aromatic carbocycles. The van der Waals surface area contributed by atoms with Crippen molar-refractivity contribution >= 4 is 6.09 Å². The van der Waals surface area contributed by atoms with Crippen LogP contribution in [0.25, 0.3) is 11.1 Å². The van der Waals surface area contributed by atoms with Crippen LogP contribution in [-0.2, 0) is 4.74 Å². The average molecular weight is 405 g/mol. The van der Waals surface area contributed by atoms with Gasteiger partial charge in [0.2, 0.25) is 0 Å². The van der Waals surface area contributed by atoms with Crippen molar-refractivity contribution in [3.8, 4) is 22.9 Å². The number of nitrogens with zero attached hydrogens (tertiary/aromatic N) is 2. The van der Waals surface area contributed by atoms with Gasteiger partial charge in [-0.1, -0.05) is 36.9 Å². The zero-order chi connectivity index (χ0) is 21.2. The van der Waals surface area contributed by atoms with E-state index in [1.165, 1.54) is 0 Å². The maximum atomic E-state index is 11.7. The molecule has 1 saturated heterocycles. The fourth-order valence-electron chi connectivity index (χ4n) is 3.51. The Morgan fingerprint density at radius 2 is 1.90 bits per heavy atom. The number of hydrogen-bond donors (Lipinski definition) is 1. The van der Waals surface area contributed by atoms with Crippen LogP contribution in [0.4, 0.5) is 4.79 Å². The van der Waals surface area contributed by atoms with Gasteiger partial charge in [-0.3, -0.25) is 4.90 Å². The van der Waals surface area contributed by atoms with Crippen molar-refractivity contribution in [1.29, 1.82) is 5.26 Å². The molecule has 1 heterocycles. The molecule has 30 heavy (non-hydrogen) atoms. The normalized spacial score (nSPS) is 15.9. The lowest BCUT2D eigenvalue weighted by Crippen LogP contribution is -2.45. The Morgan fingerprint density at radius 1 is 1.20 bits per heavy atom. The van der Waals surface area contributed by atoms with E-state index in [1.807, 2.05) is 48.5 Å². The van der Waals surface area contributed by atoms with E-state index in [4.69, 9.17) is 14.7 Å². The highest BCUT2D eigenvalue weighted by atomic mass is 16.5. The van der Waals surface area contributed by atoms with E-state index in [1.54, 1.807) is 6.08 Å². The molecule has 0 aliphatic carbocycles. The zero-order valence-corrected chi connectivity index (χ0v) is 17.0. The molecule has 1 N–H and O–H groups in total. The van der Waals surface area contributed by atoms with Gasteiger partial charge in [0.15, 0.2) is 0 Å². The number of likely N-dealkylation sites (tertiary alicyclic amines) is 1. The van der Waals surface area contributed by atoms with Crippen LogP contribution < -0.4 is 10.1 Å². The van der Waals surface area contributed by atoms with Gasteiger partial charge >= 0.3 is 6.09 Å². The molecular weight excluding hydrogens is 378 g/mol. The maximum absolute atomic E-state index is 11.7. The van der Waals surface area contributed by atoms with Crippen LogP contribution in [0.1, 0.15) is 24.8 Å². The molecule has 1 aliphatic heterocycles. The summed E-state index contributed by atoms with van der Waals surface area (Å²) in [6, 6.07) is 17.6. The van der Waals surface area contributed by atoms with Crippen LogP contribution in [0.5, 0.6) is 5.75 Å². The third-order valence-corrected chi connectivity index (χ3v) is 5.04. The predicted octanol–water partition coefficient (Wildman–Crippen LogP) is 4.33. The molecule has 0 aromatic heterocycles. The molecule has 0 radical (unpaired) electrons. The van der Waals surface area contributed by atoms with Gasteiger partial charge in [-0.25, -0.2) is 4.79 Å². The van der Waals surface area contributed by atoms with Crippen LogP contribution in [0.2, 0.25) is 0 Å². The van der Waals surface area contributed by atoms with E-state index >= 15 is 0 Å². The molecule has 2 aromatic rings. The summed E-state index contributed by atoms with van der Waals surface area (Å²) >= 11 is 0. The Hall–Kier alpha value is -3.30. The molecule has 156 valence electrons. The smallest absolute Gasteiger partial charge is 0.408 e. The minimum atomic E-state index is -0.398. The predicted molar refractivity (Wildman–Crippen MR) is 116 cm³/mol. The minimum Gasteiger partial charge on any atom is -0.494 e. The van der Waals surface area contributed by atoms with Gasteiger partial charge in [-0.2, -0.15) is 5.26 Å². The number of hydrogen-bond acceptors (Lipinski definition) is 5. The van der Waals surface area contributed by atoms with Crippen molar-refractivity contribution in [2.75, 3.05) is 26.3 Å². The van der Waals surface area contributed by atoms with Gasteiger partial charge < -0.3 is 14.8 Å². The van der Waals surface area contributed by atoms with Gasteiger partial charge in [0.25, 0.3) is 0 Å². The molecule has 0 spiro atoms. The van der Waals surface area contributed by atoms with Crippen LogP contribution in [-0.4, -0.2) is 43.5 Å². The van der Waals surface area contributed by atoms with Gasteiger partial charge in [0, 0.05) is 13.1 Å². The first kappa shape index (κ1) is 21.4. The Bertz CT molecular complexity index is 872. The number of carbonyl (C=O) groups excluding carboxylic acids is 1. The number of nitrogens with one attached hydrogen (secondary N) is 1. The lowest BCUT2D eigenvalue weighted by Gasteiger charge is -2.24. The summed E-state index contributed by atoms with van der Waals surface area (Å²) in [5, 5.41) is 11.8. The van der Waals surface area contributed by atoms with Gasteiger partial charge in [-0.05, 0) is 54.7 Å². The standard InChI is InChI=1S/C24H27N3O3/c1-2-16-30-24(28)26-23-5-3-14-27(23)15-4-17-29-22-12-10-21(11-13-22)20-8-6-19(18-25)7-9-20/h2,6-13,23H,1,3-5,14-17H2,(H,26,28). The van der Waals surface area contributed by atoms with Crippen molar-refractivity contribution in [3.63, 3.8) is 0 Å². The molecule has 6 heteroatoms. The van der Waals surface area contributed by atoms with Crippen molar-refractivity contribution in [2.45, 2.75) is 25.4 Å². The van der Waals surface area contributed by atoms with E-state index in [0.717, 1.165) is 49.2 Å². The number of carbonyl (C=O) groups is 1. The number of amides is 1. The van der Waals surface area contributed by atoms with Crippen LogP contribution in [0.15, 0.2) is 61.2 Å². The van der Waals surface area contributed by atoms with Crippen LogP contribution in [0, 0.1) is 11.3 Å². The van der Waals surface area contributed by atoms with E-state index in [0.29, 0.717) is 12.2 Å². The lowest BCUT2D eigenvalue weighted by atomic mass is 10.0. The molecule has 3 rings (SSSR count). The summed E-state index contributed by atoms with van der Waals surface area (Å²) < 4.78 is 10.9. The van der Waals surface area contributed by atoms with Crippen LogP contribution >= 0.6 is 0 Å². The summed E-state index contributed by atoms with van der Waals surface area (Å²) in [5.74, 6) is 0.830. The lowest BCUT2D eigenvalue weighted by molar-refractivity contribution is 0.134. The highest BCUT2D eigenvalue weighted by molar-refractivity contribution is 5.67. The highest BCUT2D eigenvalue weighted by Crippen LogP contribution is 2.23. The number of nitriles is 1. The molecule has 1 unspecified atom stereocenters. The van der Waals surface area contributed by atoms with E-state index in [-0.39, 0.29) is 12.8 Å². The quantitative estimate of drug-likeness (QED) is 0.496. The fourth-order valence-corrected chi connectivity index (χ4v) is 3.51. The summed E-state index contributed by atoms with van der Waals surface area (Å²) in [6.45, 7) is 6.19. The molecule has 0 saturated carbocycles.